The summed E-state index contributed by atoms with van der Waals surface area (Å²) in [5.74, 6) is 0.00437. The Morgan fingerprint density at radius 1 is 0.927 bits per heavy atom. The fourth-order valence-corrected chi connectivity index (χ4v) is 12.0. The number of carbonyl (C=O) groups excluding carboxylic acids is 4. The van der Waals surface area contributed by atoms with Crippen molar-refractivity contribution in [2.45, 2.75) is 129 Å². The SMILES string of the molecule is CCO[Si]1(CCCNC(=O)CCCCCN(C)C(=O)[C@@H]2CCCN2C(=O)[C@@H]2CCCN2C(=O)C(C)(C)C)C(C)C1C. The highest BCUT2D eigenvalue weighted by Gasteiger charge is 2.62. The molecule has 0 aromatic heterocycles. The highest BCUT2D eigenvalue weighted by molar-refractivity contribution is 6.87. The molecule has 3 aliphatic rings. The van der Waals surface area contributed by atoms with E-state index in [1.807, 2.05) is 20.8 Å². The predicted molar refractivity (Wildman–Crippen MR) is 164 cm³/mol. The maximum Gasteiger partial charge on any atom is 0.246 e. The van der Waals surface area contributed by atoms with E-state index in [4.69, 9.17) is 4.43 Å². The number of hydrogen-bond donors (Lipinski definition) is 1. The van der Waals surface area contributed by atoms with E-state index in [2.05, 4.69) is 26.1 Å². The van der Waals surface area contributed by atoms with Gasteiger partial charge in [-0.05, 0) is 69.0 Å². The van der Waals surface area contributed by atoms with Crippen LogP contribution in [0, 0.1) is 5.41 Å². The normalized spacial score (nSPS) is 27.7. The number of likely N-dealkylation sites (tertiary alicyclic amines) is 2. The fourth-order valence-electron chi connectivity index (χ4n) is 6.92. The summed E-state index contributed by atoms with van der Waals surface area (Å²) >= 11 is 0. The van der Waals surface area contributed by atoms with Crippen molar-refractivity contribution in [1.29, 1.82) is 0 Å². The molecule has 0 aromatic carbocycles. The van der Waals surface area contributed by atoms with Crippen molar-refractivity contribution in [3.63, 3.8) is 0 Å². The summed E-state index contributed by atoms with van der Waals surface area (Å²) < 4.78 is 6.16. The van der Waals surface area contributed by atoms with Crippen molar-refractivity contribution in [2.24, 2.45) is 5.41 Å². The van der Waals surface area contributed by atoms with E-state index in [0.717, 1.165) is 68.8 Å². The Labute approximate surface area is 249 Å². The topological polar surface area (TPSA) is 99.3 Å². The maximum absolute atomic E-state index is 13.5. The third kappa shape index (κ3) is 8.12. The average molecular weight is 593 g/mol. The number of hydrogen-bond acceptors (Lipinski definition) is 5. The molecule has 3 heterocycles. The van der Waals surface area contributed by atoms with Gasteiger partial charge in [0.25, 0.3) is 0 Å². The molecule has 0 saturated carbocycles. The van der Waals surface area contributed by atoms with Crippen LogP contribution in [0.5, 0.6) is 0 Å². The lowest BCUT2D eigenvalue weighted by atomic mass is 9.94. The van der Waals surface area contributed by atoms with Gasteiger partial charge in [0, 0.05) is 51.7 Å². The third-order valence-corrected chi connectivity index (χ3v) is 15.4. The molecule has 0 bridgehead atoms. The van der Waals surface area contributed by atoms with Gasteiger partial charge in [-0.3, -0.25) is 19.2 Å². The molecule has 9 nitrogen and oxygen atoms in total. The van der Waals surface area contributed by atoms with E-state index in [9.17, 15) is 19.2 Å². The number of amides is 4. The second kappa shape index (κ2) is 14.5. The van der Waals surface area contributed by atoms with E-state index in [1.54, 1.807) is 21.7 Å². The Morgan fingerprint density at radius 3 is 2.17 bits per heavy atom. The molecule has 10 heteroatoms. The number of unbranched alkanes of at least 4 members (excludes halogenated alkanes) is 2. The monoisotopic (exact) mass is 592 g/mol. The zero-order valence-electron chi connectivity index (χ0n) is 26.8. The number of nitrogens with one attached hydrogen (secondary N) is 1. The summed E-state index contributed by atoms with van der Waals surface area (Å²) in [4.78, 5) is 57.2. The lowest BCUT2D eigenvalue weighted by Crippen LogP contribution is -2.54. The van der Waals surface area contributed by atoms with Crippen molar-refractivity contribution < 1.29 is 23.6 Å². The Kier molecular flexibility index (Phi) is 11.9. The van der Waals surface area contributed by atoms with Gasteiger partial charge in [-0.1, -0.05) is 41.0 Å². The first-order chi connectivity index (χ1) is 19.3. The average Bonchev–Trinajstić information content (AvgIpc) is 3.41. The summed E-state index contributed by atoms with van der Waals surface area (Å²) in [6.07, 6.45) is 6.95. The molecule has 3 saturated heterocycles. The van der Waals surface area contributed by atoms with Gasteiger partial charge in [0.15, 0.2) is 8.32 Å². The molecule has 2 unspecified atom stereocenters. The Bertz CT molecular complexity index is 930. The number of nitrogens with zero attached hydrogens (tertiary/aromatic N) is 3. The van der Waals surface area contributed by atoms with Crippen molar-refractivity contribution >= 4 is 31.9 Å². The summed E-state index contributed by atoms with van der Waals surface area (Å²) in [6.45, 7) is 15.6. The van der Waals surface area contributed by atoms with Crippen molar-refractivity contribution in [3.8, 4) is 0 Å². The predicted octanol–water partition coefficient (Wildman–Crippen LogP) is 4.32. The summed E-state index contributed by atoms with van der Waals surface area (Å²) in [5.41, 5.74) is 0.913. The minimum atomic E-state index is -1.55. The highest BCUT2D eigenvalue weighted by atomic mass is 28.4. The van der Waals surface area contributed by atoms with Crippen molar-refractivity contribution in [3.05, 3.63) is 0 Å². The van der Waals surface area contributed by atoms with Gasteiger partial charge in [0.05, 0.1) is 0 Å². The van der Waals surface area contributed by atoms with Crippen LogP contribution in [0.4, 0.5) is 0 Å². The molecule has 41 heavy (non-hydrogen) atoms. The van der Waals surface area contributed by atoms with Crippen LogP contribution < -0.4 is 5.32 Å². The van der Waals surface area contributed by atoms with E-state index in [-0.39, 0.29) is 23.6 Å². The molecule has 0 spiro atoms. The van der Waals surface area contributed by atoms with Crippen molar-refractivity contribution in [2.75, 3.05) is 39.8 Å². The number of likely N-dealkylation sites (N-methyl/N-ethyl adjacent to an activating group) is 1. The lowest BCUT2D eigenvalue weighted by molar-refractivity contribution is -0.151. The van der Waals surface area contributed by atoms with Gasteiger partial charge < -0.3 is 24.4 Å². The van der Waals surface area contributed by atoms with Crippen LogP contribution in [0.25, 0.3) is 0 Å². The van der Waals surface area contributed by atoms with Gasteiger partial charge in [0.1, 0.15) is 12.1 Å². The maximum atomic E-state index is 13.5. The largest absolute Gasteiger partial charge is 0.417 e. The first-order valence-corrected chi connectivity index (χ1v) is 18.4. The Balaban J connectivity index is 1.34. The van der Waals surface area contributed by atoms with E-state index < -0.39 is 25.8 Å². The first-order valence-electron chi connectivity index (χ1n) is 16.1. The molecule has 4 amide bonds. The quantitative estimate of drug-likeness (QED) is 0.239. The van der Waals surface area contributed by atoms with Gasteiger partial charge in [-0.25, -0.2) is 0 Å². The molecular weight excluding hydrogens is 536 g/mol. The third-order valence-electron chi connectivity index (χ3n) is 9.70. The van der Waals surface area contributed by atoms with Gasteiger partial charge in [-0.2, -0.15) is 0 Å². The Hall–Kier alpha value is -1.94. The minimum absolute atomic E-state index is 0.000347. The number of rotatable bonds is 14. The number of carbonyl (C=O) groups is 4. The van der Waals surface area contributed by atoms with Gasteiger partial charge >= 0.3 is 0 Å². The van der Waals surface area contributed by atoms with Gasteiger partial charge in [0.2, 0.25) is 23.6 Å². The molecule has 0 radical (unpaired) electrons. The van der Waals surface area contributed by atoms with E-state index >= 15 is 0 Å². The molecule has 0 aliphatic carbocycles. The van der Waals surface area contributed by atoms with Crippen LogP contribution in [-0.2, 0) is 23.6 Å². The smallest absolute Gasteiger partial charge is 0.246 e. The van der Waals surface area contributed by atoms with Crippen LogP contribution in [0.3, 0.4) is 0 Å². The van der Waals surface area contributed by atoms with Crippen LogP contribution in [0.2, 0.25) is 17.1 Å². The van der Waals surface area contributed by atoms with Crippen LogP contribution >= 0.6 is 0 Å². The fraction of sp³-hybridized carbons (Fsp3) is 0.871. The second-order valence-corrected chi connectivity index (χ2v) is 18.1. The molecular formula is C31H56N4O5Si. The van der Waals surface area contributed by atoms with Crippen molar-refractivity contribution in [1.82, 2.24) is 20.0 Å². The summed E-state index contributed by atoms with van der Waals surface area (Å²) in [5, 5.41) is 3.07. The molecule has 0 aromatic rings. The zero-order chi connectivity index (χ0) is 30.4. The van der Waals surface area contributed by atoms with Crippen LogP contribution in [0.15, 0.2) is 0 Å². The minimum Gasteiger partial charge on any atom is -0.417 e. The summed E-state index contributed by atoms with van der Waals surface area (Å²) in [7, 11) is 0.255. The Morgan fingerprint density at radius 2 is 1.56 bits per heavy atom. The van der Waals surface area contributed by atoms with Crippen LogP contribution in [-0.4, -0.2) is 98.6 Å². The van der Waals surface area contributed by atoms with E-state index in [0.29, 0.717) is 38.9 Å². The highest BCUT2D eigenvalue weighted by Crippen LogP contribution is 2.61. The molecule has 3 rings (SSSR count). The molecule has 234 valence electrons. The first kappa shape index (κ1) is 33.6. The standard InChI is InChI=1S/C31H56N4O5Si/c1-8-40-41(23(2)24(41)3)22-14-18-32-27(36)17-10-9-11-19-33(7)28(37)25-15-12-20-34(25)29(38)26-16-13-21-35(26)30(39)31(4,5)6/h23-26H,8-22H2,1-7H3,(H,32,36)/t23?,24?,25-,26-,41?/m0/s1. The molecule has 3 fully saturated rings. The van der Waals surface area contributed by atoms with Gasteiger partial charge in [-0.15, -0.1) is 0 Å². The second-order valence-electron chi connectivity index (χ2n) is 13.6. The zero-order valence-corrected chi connectivity index (χ0v) is 27.8. The summed E-state index contributed by atoms with van der Waals surface area (Å²) in [6, 6.07) is 0.221. The molecule has 1 N–H and O–H groups in total. The molecule has 4 atom stereocenters. The lowest BCUT2D eigenvalue weighted by Gasteiger charge is -2.34. The van der Waals surface area contributed by atoms with Crippen LogP contribution in [0.1, 0.15) is 99.3 Å². The van der Waals surface area contributed by atoms with E-state index in [1.165, 1.54) is 0 Å². The molecule has 3 aliphatic heterocycles.